The molecule has 0 unspecified atom stereocenters. The predicted octanol–water partition coefficient (Wildman–Crippen LogP) is 1.73. The molecule has 0 saturated carbocycles. The van der Waals surface area contributed by atoms with Gasteiger partial charge in [0.15, 0.2) is 0 Å². The Bertz CT molecular complexity index is 471. The van der Waals surface area contributed by atoms with Gasteiger partial charge < -0.3 is 5.73 Å². The van der Waals surface area contributed by atoms with Crippen LogP contribution in [-0.2, 0) is 10.0 Å². The van der Waals surface area contributed by atoms with Crippen LogP contribution in [0.3, 0.4) is 0 Å². The van der Waals surface area contributed by atoms with Crippen LogP contribution in [-0.4, -0.2) is 20.5 Å². The summed E-state index contributed by atoms with van der Waals surface area (Å²) in [4.78, 5) is 0.272. The normalized spacial score (nSPS) is 15.6. The third-order valence-electron chi connectivity index (χ3n) is 2.74. The van der Waals surface area contributed by atoms with E-state index in [0.717, 1.165) is 0 Å². The standard InChI is InChI=1S/C13H22N2O2S/c1-11(2)9-13(3,10-14)15-18(16,17)12-7-5-4-6-8-12/h4-8,11,15H,9-10,14H2,1-3H3/t13-/m0/s1. The van der Waals surface area contributed by atoms with Crippen LogP contribution in [0, 0.1) is 5.92 Å². The lowest BCUT2D eigenvalue weighted by Crippen LogP contribution is -2.51. The van der Waals surface area contributed by atoms with Gasteiger partial charge in [0.05, 0.1) is 4.90 Å². The molecular weight excluding hydrogens is 248 g/mol. The summed E-state index contributed by atoms with van der Waals surface area (Å²) in [5.41, 5.74) is 5.11. The number of hydrogen-bond donors (Lipinski definition) is 2. The van der Waals surface area contributed by atoms with E-state index in [1.54, 1.807) is 30.3 Å². The van der Waals surface area contributed by atoms with Crippen LogP contribution in [0.4, 0.5) is 0 Å². The Labute approximate surface area is 110 Å². The molecule has 0 aromatic heterocycles. The third-order valence-corrected chi connectivity index (χ3v) is 4.40. The molecular formula is C13H22N2O2S. The minimum atomic E-state index is -3.51. The molecule has 0 fully saturated rings. The van der Waals surface area contributed by atoms with Crippen molar-refractivity contribution in [1.29, 1.82) is 0 Å². The second-order valence-corrected chi connectivity index (χ2v) is 6.96. The summed E-state index contributed by atoms with van der Waals surface area (Å²) in [7, 11) is -3.51. The molecule has 3 N–H and O–H groups in total. The predicted molar refractivity (Wildman–Crippen MR) is 73.7 cm³/mol. The number of benzene rings is 1. The van der Waals surface area contributed by atoms with E-state index in [9.17, 15) is 8.42 Å². The highest BCUT2D eigenvalue weighted by Gasteiger charge is 2.29. The Hall–Kier alpha value is -0.910. The van der Waals surface area contributed by atoms with Crippen molar-refractivity contribution in [3.8, 4) is 0 Å². The Kier molecular flexibility index (Phi) is 4.90. The van der Waals surface area contributed by atoms with E-state index in [1.165, 1.54) is 0 Å². The van der Waals surface area contributed by atoms with Crippen molar-refractivity contribution in [1.82, 2.24) is 4.72 Å². The molecule has 5 heteroatoms. The van der Waals surface area contributed by atoms with Gasteiger partial charge in [0.2, 0.25) is 10.0 Å². The van der Waals surface area contributed by atoms with Crippen molar-refractivity contribution in [3.05, 3.63) is 30.3 Å². The van der Waals surface area contributed by atoms with Crippen molar-refractivity contribution >= 4 is 10.0 Å². The van der Waals surface area contributed by atoms with E-state index in [-0.39, 0.29) is 11.4 Å². The maximum Gasteiger partial charge on any atom is 0.241 e. The molecule has 0 spiro atoms. The highest BCUT2D eigenvalue weighted by atomic mass is 32.2. The van der Waals surface area contributed by atoms with Gasteiger partial charge in [0.25, 0.3) is 0 Å². The molecule has 0 amide bonds. The molecule has 4 nitrogen and oxygen atoms in total. The largest absolute Gasteiger partial charge is 0.329 e. The summed E-state index contributed by atoms with van der Waals surface area (Å²) >= 11 is 0. The summed E-state index contributed by atoms with van der Waals surface area (Å²) in [5.74, 6) is 0.372. The SMILES string of the molecule is CC(C)C[C@@](C)(CN)NS(=O)(=O)c1ccccc1. The van der Waals surface area contributed by atoms with E-state index in [4.69, 9.17) is 5.73 Å². The Morgan fingerprint density at radius 3 is 2.28 bits per heavy atom. The molecule has 1 aromatic rings. The molecule has 0 aliphatic carbocycles. The highest BCUT2D eigenvalue weighted by molar-refractivity contribution is 7.89. The summed E-state index contributed by atoms with van der Waals surface area (Å²) in [6.45, 7) is 6.21. The van der Waals surface area contributed by atoms with Crippen LogP contribution in [0.2, 0.25) is 0 Å². The highest BCUT2D eigenvalue weighted by Crippen LogP contribution is 2.19. The zero-order valence-electron chi connectivity index (χ0n) is 11.2. The first-order valence-electron chi connectivity index (χ1n) is 6.08. The lowest BCUT2D eigenvalue weighted by molar-refractivity contribution is 0.344. The first-order chi connectivity index (χ1) is 8.29. The smallest absolute Gasteiger partial charge is 0.241 e. The van der Waals surface area contributed by atoms with Gasteiger partial charge in [-0.15, -0.1) is 0 Å². The minimum absolute atomic E-state index is 0.272. The van der Waals surface area contributed by atoms with Crippen LogP contribution in [0.15, 0.2) is 35.2 Å². The molecule has 0 radical (unpaired) electrons. The van der Waals surface area contributed by atoms with Crippen LogP contribution in [0.25, 0.3) is 0 Å². The maximum absolute atomic E-state index is 12.2. The summed E-state index contributed by atoms with van der Waals surface area (Å²) < 4.78 is 27.2. The molecule has 0 saturated heterocycles. The number of nitrogens with two attached hydrogens (primary N) is 1. The molecule has 102 valence electrons. The van der Waals surface area contributed by atoms with Gasteiger partial charge in [-0.25, -0.2) is 13.1 Å². The van der Waals surface area contributed by atoms with E-state index in [2.05, 4.69) is 4.72 Å². The van der Waals surface area contributed by atoms with Gasteiger partial charge in [-0.2, -0.15) is 0 Å². The summed E-state index contributed by atoms with van der Waals surface area (Å²) in [5, 5.41) is 0. The molecule has 1 atom stereocenters. The summed E-state index contributed by atoms with van der Waals surface area (Å²) in [6.07, 6.45) is 0.704. The zero-order valence-corrected chi connectivity index (χ0v) is 12.0. The molecule has 0 heterocycles. The average molecular weight is 270 g/mol. The van der Waals surface area contributed by atoms with Crippen LogP contribution in [0.1, 0.15) is 27.2 Å². The van der Waals surface area contributed by atoms with E-state index in [1.807, 2.05) is 20.8 Å². The van der Waals surface area contributed by atoms with Crippen LogP contribution >= 0.6 is 0 Å². The lowest BCUT2D eigenvalue weighted by atomic mass is 9.92. The fraction of sp³-hybridized carbons (Fsp3) is 0.538. The topological polar surface area (TPSA) is 72.2 Å². The van der Waals surface area contributed by atoms with Crippen molar-refractivity contribution in [3.63, 3.8) is 0 Å². The van der Waals surface area contributed by atoms with Gasteiger partial charge in [-0.1, -0.05) is 32.0 Å². The van der Waals surface area contributed by atoms with E-state index < -0.39 is 15.6 Å². The third kappa shape index (κ3) is 4.08. The molecule has 0 bridgehead atoms. The fourth-order valence-electron chi connectivity index (χ4n) is 2.05. The second kappa shape index (κ2) is 5.82. The molecule has 1 rings (SSSR count). The Morgan fingerprint density at radius 1 is 1.28 bits per heavy atom. The Balaban J connectivity index is 2.94. The quantitative estimate of drug-likeness (QED) is 0.827. The number of rotatable bonds is 6. The second-order valence-electron chi connectivity index (χ2n) is 5.28. The molecule has 0 aliphatic rings. The van der Waals surface area contributed by atoms with Crippen molar-refractivity contribution in [2.45, 2.75) is 37.6 Å². The van der Waals surface area contributed by atoms with Crippen LogP contribution < -0.4 is 10.5 Å². The van der Waals surface area contributed by atoms with Gasteiger partial charge in [-0.3, -0.25) is 0 Å². The number of nitrogens with one attached hydrogen (secondary N) is 1. The molecule has 0 aliphatic heterocycles. The maximum atomic E-state index is 12.2. The molecule has 18 heavy (non-hydrogen) atoms. The van der Waals surface area contributed by atoms with Gasteiger partial charge >= 0.3 is 0 Å². The number of hydrogen-bond acceptors (Lipinski definition) is 3. The zero-order chi connectivity index (χ0) is 13.8. The van der Waals surface area contributed by atoms with Crippen molar-refractivity contribution in [2.24, 2.45) is 11.7 Å². The fourth-order valence-corrected chi connectivity index (χ4v) is 3.50. The summed E-state index contributed by atoms with van der Waals surface area (Å²) in [6, 6.07) is 8.35. The van der Waals surface area contributed by atoms with Crippen molar-refractivity contribution in [2.75, 3.05) is 6.54 Å². The first-order valence-corrected chi connectivity index (χ1v) is 7.56. The van der Waals surface area contributed by atoms with E-state index >= 15 is 0 Å². The van der Waals surface area contributed by atoms with E-state index in [0.29, 0.717) is 12.3 Å². The van der Waals surface area contributed by atoms with Gasteiger partial charge in [-0.05, 0) is 31.4 Å². The number of sulfonamides is 1. The average Bonchev–Trinajstić information content (AvgIpc) is 2.28. The van der Waals surface area contributed by atoms with Gasteiger partial charge in [0.1, 0.15) is 0 Å². The van der Waals surface area contributed by atoms with Gasteiger partial charge in [0, 0.05) is 12.1 Å². The molecule has 1 aromatic carbocycles. The minimum Gasteiger partial charge on any atom is -0.329 e. The Morgan fingerprint density at radius 2 is 1.83 bits per heavy atom. The van der Waals surface area contributed by atoms with Crippen LogP contribution in [0.5, 0.6) is 0 Å². The monoisotopic (exact) mass is 270 g/mol. The van der Waals surface area contributed by atoms with Crippen molar-refractivity contribution < 1.29 is 8.42 Å². The lowest BCUT2D eigenvalue weighted by Gasteiger charge is -2.30. The first kappa shape index (κ1) is 15.1.